The van der Waals surface area contributed by atoms with Crippen LogP contribution in [0.15, 0.2) is 30.3 Å². The largest absolute Gasteiger partial charge is 0.442 e. The molecule has 2 N–H and O–H groups in total. The highest BCUT2D eigenvalue weighted by Gasteiger charge is 2.14. The van der Waals surface area contributed by atoms with E-state index in [1.54, 1.807) is 0 Å². The SMILES string of the molecule is CCCCCCCCC(OC(N)=O)c1ccccc1. The van der Waals surface area contributed by atoms with E-state index in [9.17, 15) is 4.79 Å². The van der Waals surface area contributed by atoms with Crippen molar-refractivity contribution in [2.45, 2.75) is 58.0 Å². The molecule has 1 unspecified atom stereocenters. The van der Waals surface area contributed by atoms with Crippen LogP contribution in [-0.4, -0.2) is 6.09 Å². The van der Waals surface area contributed by atoms with Crippen molar-refractivity contribution in [3.63, 3.8) is 0 Å². The third-order valence-corrected chi connectivity index (χ3v) is 3.25. The number of amides is 1. The molecule has 0 aliphatic carbocycles. The summed E-state index contributed by atoms with van der Waals surface area (Å²) in [5, 5.41) is 0. The van der Waals surface area contributed by atoms with E-state index in [1.165, 1.54) is 32.1 Å². The molecule has 1 aromatic rings. The average Bonchev–Trinajstić information content (AvgIpc) is 2.42. The Labute approximate surface area is 116 Å². The maximum atomic E-state index is 11.0. The van der Waals surface area contributed by atoms with E-state index in [2.05, 4.69) is 6.92 Å². The van der Waals surface area contributed by atoms with Crippen molar-refractivity contribution >= 4 is 6.09 Å². The molecule has 3 nitrogen and oxygen atoms in total. The van der Waals surface area contributed by atoms with Gasteiger partial charge in [0, 0.05) is 0 Å². The maximum Gasteiger partial charge on any atom is 0.405 e. The van der Waals surface area contributed by atoms with E-state index < -0.39 is 6.09 Å². The normalized spacial score (nSPS) is 12.1. The Hall–Kier alpha value is -1.51. The van der Waals surface area contributed by atoms with E-state index in [0.29, 0.717) is 0 Å². The van der Waals surface area contributed by atoms with Gasteiger partial charge < -0.3 is 10.5 Å². The molecule has 0 bridgehead atoms. The van der Waals surface area contributed by atoms with Gasteiger partial charge in [-0.15, -0.1) is 0 Å². The van der Waals surface area contributed by atoms with Gasteiger partial charge in [-0.05, 0) is 18.4 Å². The number of hydrogen-bond acceptors (Lipinski definition) is 2. The quantitative estimate of drug-likeness (QED) is 0.663. The fourth-order valence-corrected chi connectivity index (χ4v) is 2.21. The highest BCUT2D eigenvalue weighted by molar-refractivity contribution is 5.65. The summed E-state index contributed by atoms with van der Waals surface area (Å²) in [6.45, 7) is 2.21. The minimum atomic E-state index is -0.695. The minimum absolute atomic E-state index is 0.204. The highest BCUT2D eigenvalue weighted by atomic mass is 16.6. The summed E-state index contributed by atoms with van der Waals surface area (Å²) >= 11 is 0. The highest BCUT2D eigenvalue weighted by Crippen LogP contribution is 2.24. The zero-order chi connectivity index (χ0) is 13.9. The summed E-state index contributed by atoms with van der Waals surface area (Å²) in [5.41, 5.74) is 6.16. The minimum Gasteiger partial charge on any atom is -0.442 e. The van der Waals surface area contributed by atoms with Crippen LogP contribution >= 0.6 is 0 Å². The molecule has 1 rings (SSSR count). The Morgan fingerprint density at radius 2 is 1.74 bits per heavy atom. The van der Waals surface area contributed by atoms with E-state index in [0.717, 1.165) is 18.4 Å². The van der Waals surface area contributed by atoms with Crippen molar-refractivity contribution in [3.05, 3.63) is 35.9 Å². The van der Waals surface area contributed by atoms with Crippen LogP contribution in [0.3, 0.4) is 0 Å². The predicted molar refractivity (Wildman–Crippen MR) is 77.8 cm³/mol. The molecule has 0 saturated carbocycles. The monoisotopic (exact) mass is 263 g/mol. The average molecular weight is 263 g/mol. The molecule has 0 aliphatic rings. The lowest BCUT2D eigenvalue weighted by Crippen LogP contribution is -2.17. The van der Waals surface area contributed by atoms with Crippen LogP contribution in [0.5, 0.6) is 0 Å². The summed E-state index contributed by atoms with van der Waals surface area (Å²) in [7, 11) is 0. The molecular weight excluding hydrogens is 238 g/mol. The van der Waals surface area contributed by atoms with E-state index in [4.69, 9.17) is 10.5 Å². The van der Waals surface area contributed by atoms with Gasteiger partial charge in [-0.1, -0.05) is 69.4 Å². The fourth-order valence-electron chi connectivity index (χ4n) is 2.21. The molecule has 0 saturated heterocycles. The van der Waals surface area contributed by atoms with E-state index in [1.807, 2.05) is 30.3 Å². The van der Waals surface area contributed by atoms with Gasteiger partial charge in [0.1, 0.15) is 6.10 Å². The molecule has 19 heavy (non-hydrogen) atoms. The second-order valence-electron chi connectivity index (χ2n) is 4.89. The first-order valence-corrected chi connectivity index (χ1v) is 7.25. The molecule has 0 spiro atoms. The number of benzene rings is 1. The third kappa shape index (κ3) is 6.85. The van der Waals surface area contributed by atoms with Crippen molar-refractivity contribution in [3.8, 4) is 0 Å². The molecule has 0 fully saturated rings. The Balaban J connectivity index is 2.36. The number of ether oxygens (including phenoxy) is 1. The lowest BCUT2D eigenvalue weighted by molar-refractivity contribution is 0.0994. The van der Waals surface area contributed by atoms with Gasteiger partial charge in [-0.2, -0.15) is 0 Å². The molecule has 1 aromatic carbocycles. The van der Waals surface area contributed by atoms with Crippen molar-refractivity contribution in [1.82, 2.24) is 0 Å². The summed E-state index contributed by atoms with van der Waals surface area (Å²) < 4.78 is 5.20. The molecule has 1 atom stereocenters. The smallest absolute Gasteiger partial charge is 0.405 e. The Morgan fingerprint density at radius 1 is 1.11 bits per heavy atom. The van der Waals surface area contributed by atoms with Gasteiger partial charge in [-0.3, -0.25) is 0 Å². The van der Waals surface area contributed by atoms with Crippen LogP contribution in [0.4, 0.5) is 4.79 Å². The van der Waals surface area contributed by atoms with E-state index >= 15 is 0 Å². The van der Waals surface area contributed by atoms with Gasteiger partial charge in [0.05, 0.1) is 0 Å². The molecule has 0 heterocycles. The van der Waals surface area contributed by atoms with Crippen LogP contribution < -0.4 is 5.73 Å². The number of unbranched alkanes of at least 4 members (excludes halogenated alkanes) is 5. The third-order valence-electron chi connectivity index (χ3n) is 3.25. The van der Waals surface area contributed by atoms with Crippen molar-refractivity contribution in [2.24, 2.45) is 5.73 Å². The van der Waals surface area contributed by atoms with Crippen molar-refractivity contribution < 1.29 is 9.53 Å². The molecule has 0 aliphatic heterocycles. The fraction of sp³-hybridized carbons (Fsp3) is 0.562. The summed E-state index contributed by atoms with van der Waals surface area (Å²) in [5.74, 6) is 0. The lowest BCUT2D eigenvalue weighted by Gasteiger charge is -2.16. The zero-order valence-electron chi connectivity index (χ0n) is 11.8. The molecular formula is C16H25NO2. The first kappa shape index (κ1) is 15.5. The number of nitrogens with two attached hydrogens (primary N) is 1. The summed E-state index contributed by atoms with van der Waals surface area (Å²) in [6, 6.07) is 9.81. The molecule has 0 radical (unpaired) electrons. The Kier molecular flexibility index (Phi) is 7.71. The molecule has 3 heteroatoms. The van der Waals surface area contributed by atoms with Crippen molar-refractivity contribution in [1.29, 1.82) is 0 Å². The summed E-state index contributed by atoms with van der Waals surface area (Å²) in [4.78, 5) is 11.0. The zero-order valence-corrected chi connectivity index (χ0v) is 11.8. The van der Waals surface area contributed by atoms with Crippen LogP contribution in [0.25, 0.3) is 0 Å². The van der Waals surface area contributed by atoms with Gasteiger partial charge in [0.25, 0.3) is 0 Å². The van der Waals surface area contributed by atoms with Crippen LogP contribution in [0.1, 0.15) is 63.5 Å². The van der Waals surface area contributed by atoms with Gasteiger partial charge in [-0.25, -0.2) is 4.79 Å². The Bertz CT molecular complexity index is 351. The van der Waals surface area contributed by atoms with Gasteiger partial charge in [0.15, 0.2) is 0 Å². The number of carbonyl (C=O) groups is 1. The second-order valence-corrected chi connectivity index (χ2v) is 4.89. The predicted octanol–water partition coefficient (Wildman–Crippen LogP) is 4.57. The van der Waals surface area contributed by atoms with Crippen LogP contribution in [0, 0.1) is 0 Å². The summed E-state index contributed by atoms with van der Waals surface area (Å²) in [6.07, 6.45) is 7.32. The lowest BCUT2D eigenvalue weighted by atomic mass is 10.0. The number of hydrogen-bond donors (Lipinski definition) is 1. The maximum absolute atomic E-state index is 11.0. The first-order chi connectivity index (χ1) is 9.24. The first-order valence-electron chi connectivity index (χ1n) is 7.25. The number of rotatable bonds is 9. The number of primary amides is 1. The van der Waals surface area contributed by atoms with Crippen LogP contribution in [0.2, 0.25) is 0 Å². The molecule has 0 aromatic heterocycles. The molecule has 1 amide bonds. The van der Waals surface area contributed by atoms with Gasteiger partial charge >= 0.3 is 6.09 Å². The topological polar surface area (TPSA) is 52.3 Å². The van der Waals surface area contributed by atoms with Crippen LogP contribution in [-0.2, 0) is 4.74 Å². The van der Waals surface area contributed by atoms with Gasteiger partial charge in [0.2, 0.25) is 0 Å². The standard InChI is InChI=1S/C16H25NO2/c1-2-3-4-5-6-10-13-15(19-16(17)18)14-11-8-7-9-12-14/h7-9,11-12,15H,2-6,10,13H2,1H3,(H2,17,18). The molecule has 106 valence electrons. The second kappa shape index (κ2) is 9.42. The van der Waals surface area contributed by atoms with E-state index in [-0.39, 0.29) is 6.10 Å². The van der Waals surface area contributed by atoms with Crippen molar-refractivity contribution in [2.75, 3.05) is 0 Å². The number of carbonyl (C=O) groups excluding carboxylic acids is 1. The Morgan fingerprint density at radius 3 is 2.37 bits per heavy atom.